The molecule has 94 valence electrons. The lowest BCUT2D eigenvalue weighted by Gasteiger charge is -2.10. The van der Waals surface area contributed by atoms with E-state index in [1.807, 2.05) is 32.0 Å². The molecule has 1 aromatic heterocycles. The van der Waals surface area contributed by atoms with Crippen molar-refractivity contribution in [2.45, 2.75) is 26.9 Å². The van der Waals surface area contributed by atoms with Crippen molar-refractivity contribution in [3.8, 4) is 11.4 Å². The topological polar surface area (TPSA) is 46.0 Å². The predicted octanol–water partition coefficient (Wildman–Crippen LogP) is 3.58. The number of hydrogen-bond acceptors (Lipinski definition) is 3. The fourth-order valence-electron chi connectivity index (χ4n) is 1.89. The molecule has 0 aliphatic rings. The molecule has 0 aliphatic carbocycles. The summed E-state index contributed by atoms with van der Waals surface area (Å²) in [5, 5.41) is 9.57. The number of rotatable bonds is 2. The Morgan fingerprint density at radius 1 is 1.28 bits per heavy atom. The van der Waals surface area contributed by atoms with Gasteiger partial charge in [-0.1, -0.05) is 15.9 Å². The Morgan fingerprint density at radius 3 is 2.56 bits per heavy atom. The number of aliphatic hydroxyl groups excluding tert-OH is 1. The predicted molar refractivity (Wildman–Crippen MR) is 75.3 cm³/mol. The normalized spacial score (nSPS) is 12.5. The summed E-state index contributed by atoms with van der Waals surface area (Å²) in [4.78, 5) is 8.80. The first-order chi connectivity index (χ1) is 8.49. The molecule has 1 unspecified atom stereocenters. The van der Waals surface area contributed by atoms with Crippen molar-refractivity contribution in [1.29, 1.82) is 0 Å². The van der Waals surface area contributed by atoms with Gasteiger partial charge in [0.1, 0.15) is 0 Å². The van der Waals surface area contributed by atoms with Crippen molar-refractivity contribution in [1.82, 2.24) is 9.97 Å². The molecule has 1 N–H and O–H groups in total. The summed E-state index contributed by atoms with van der Waals surface area (Å²) in [7, 11) is 0. The van der Waals surface area contributed by atoms with Crippen LogP contribution >= 0.6 is 15.9 Å². The lowest BCUT2D eigenvalue weighted by molar-refractivity contribution is 0.197. The van der Waals surface area contributed by atoms with E-state index in [2.05, 4.69) is 25.9 Å². The summed E-state index contributed by atoms with van der Waals surface area (Å²) < 4.78 is 1.04. The molecular formula is C14H15BrN2O. The average molecular weight is 307 g/mol. The summed E-state index contributed by atoms with van der Waals surface area (Å²) in [6.45, 7) is 5.64. The highest BCUT2D eigenvalue weighted by molar-refractivity contribution is 9.10. The molecule has 1 atom stereocenters. The number of nitrogens with zero attached hydrogens (tertiary/aromatic N) is 2. The summed E-state index contributed by atoms with van der Waals surface area (Å²) in [5.41, 5.74) is 3.72. The molecule has 0 saturated carbocycles. The molecule has 0 radical (unpaired) electrons. The van der Waals surface area contributed by atoms with Crippen molar-refractivity contribution in [3.63, 3.8) is 0 Å². The Morgan fingerprint density at radius 2 is 2.00 bits per heavy atom. The molecule has 18 heavy (non-hydrogen) atoms. The zero-order valence-electron chi connectivity index (χ0n) is 10.6. The smallest absolute Gasteiger partial charge is 0.159 e. The fraction of sp³-hybridized carbons (Fsp3) is 0.286. The molecule has 0 saturated heterocycles. The van der Waals surface area contributed by atoms with Gasteiger partial charge in [0, 0.05) is 27.5 Å². The maximum absolute atomic E-state index is 9.57. The van der Waals surface area contributed by atoms with Crippen molar-refractivity contribution >= 4 is 15.9 Å². The van der Waals surface area contributed by atoms with E-state index in [0.717, 1.165) is 26.9 Å². The molecule has 0 aliphatic heterocycles. The SMILES string of the molecule is Cc1cc(Br)ccc1-c1ncc(C(C)O)c(C)n1. The monoisotopic (exact) mass is 306 g/mol. The van der Waals surface area contributed by atoms with E-state index in [0.29, 0.717) is 5.82 Å². The Balaban J connectivity index is 2.49. The standard InChI is InChI=1S/C14H15BrN2O/c1-8-6-11(15)4-5-12(8)14-16-7-13(10(3)18)9(2)17-14/h4-7,10,18H,1-3H3. The van der Waals surface area contributed by atoms with Gasteiger partial charge in [-0.05, 0) is 44.5 Å². The minimum atomic E-state index is -0.537. The Bertz CT molecular complexity index is 582. The van der Waals surface area contributed by atoms with Crippen molar-refractivity contribution in [2.75, 3.05) is 0 Å². The highest BCUT2D eigenvalue weighted by atomic mass is 79.9. The maximum atomic E-state index is 9.57. The average Bonchev–Trinajstić information content (AvgIpc) is 2.28. The highest BCUT2D eigenvalue weighted by Gasteiger charge is 2.10. The van der Waals surface area contributed by atoms with Gasteiger partial charge in [0.2, 0.25) is 0 Å². The maximum Gasteiger partial charge on any atom is 0.159 e. The van der Waals surface area contributed by atoms with Crippen LogP contribution in [0.2, 0.25) is 0 Å². The molecule has 0 amide bonds. The molecule has 0 spiro atoms. The minimum Gasteiger partial charge on any atom is -0.389 e. The van der Waals surface area contributed by atoms with Crippen LogP contribution in [0.1, 0.15) is 29.8 Å². The molecule has 3 nitrogen and oxygen atoms in total. The molecule has 2 rings (SSSR count). The molecule has 0 fully saturated rings. The van der Waals surface area contributed by atoms with Gasteiger partial charge in [0.05, 0.1) is 6.10 Å². The van der Waals surface area contributed by atoms with Gasteiger partial charge in [-0.15, -0.1) is 0 Å². The largest absolute Gasteiger partial charge is 0.389 e. The zero-order chi connectivity index (χ0) is 13.3. The minimum absolute atomic E-state index is 0.537. The second-order valence-electron chi connectivity index (χ2n) is 4.37. The van der Waals surface area contributed by atoms with Gasteiger partial charge < -0.3 is 5.11 Å². The first-order valence-electron chi connectivity index (χ1n) is 5.77. The Kier molecular flexibility index (Phi) is 3.78. The lowest BCUT2D eigenvalue weighted by Crippen LogP contribution is -2.01. The second kappa shape index (κ2) is 5.16. The van der Waals surface area contributed by atoms with Crippen LogP contribution in [0.5, 0.6) is 0 Å². The van der Waals surface area contributed by atoms with E-state index in [9.17, 15) is 5.11 Å². The van der Waals surface area contributed by atoms with Crippen LogP contribution in [0, 0.1) is 13.8 Å². The summed E-state index contributed by atoms with van der Waals surface area (Å²) in [6, 6.07) is 6.01. The molecule has 4 heteroatoms. The number of aryl methyl sites for hydroxylation is 2. The third kappa shape index (κ3) is 2.60. The Hall–Kier alpha value is -1.26. The number of aliphatic hydroxyl groups is 1. The van der Waals surface area contributed by atoms with Crippen LogP contribution in [0.25, 0.3) is 11.4 Å². The van der Waals surface area contributed by atoms with Gasteiger partial charge in [0.15, 0.2) is 5.82 Å². The van der Waals surface area contributed by atoms with Gasteiger partial charge in [-0.2, -0.15) is 0 Å². The van der Waals surface area contributed by atoms with Crippen LogP contribution in [-0.4, -0.2) is 15.1 Å². The summed E-state index contributed by atoms with van der Waals surface area (Å²) in [6.07, 6.45) is 1.16. The second-order valence-corrected chi connectivity index (χ2v) is 5.29. The van der Waals surface area contributed by atoms with E-state index in [4.69, 9.17) is 0 Å². The first kappa shape index (κ1) is 13.2. The highest BCUT2D eigenvalue weighted by Crippen LogP contribution is 2.25. The van der Waals surface area contributed by atoms with Gasteiger partial charge in [-0.25, -0.2) is 9.97 Å². The van der Waals surface area contributed by atoms with Crippen LogP contribution in [0.4, 0.5) is 0 Å². The van der Waals surface area contributed by atoms with E-state index < -0.39 is 6.10 Å². The number of halogens is 1. The molecule has 1 heterocycles. The molecule has 1 aromatic carbocycles. The van der Waals surface area contributed by atoms with E-state index in [1.54, 1.807) is 13.1 Å². The van der Waals surface area contributed by atoms with Gasteiger partial charge in [0.25, 0.3) is 0 Å². The van der Waals surface area contributed by atoms with Crippen LogP contribution < -0.4 is 0 Å². The van der Waals surface area contributed by atoms with Crippen LogP contribution in [0.3, 0.4) is 0 Å². The van der Waals surface area contributed by atoms with Crippen LogP contribution in [0.15, 0.2) is 28.9 Å². The third-order valence-electron chi connectivity index (χ3n) is 2.90. The number of benzene rings is 1. The van der Waals surface area contributed by atoms with E-state index in [1.165, 1.54) is 0 Å². The lowest BCUT2D eigenvalue weighted by atomic mass is 10.1. The zero-order valence-corrected chi connectivity index (χ0v) is 12.2. The number of aromatic nitrogens is 2. The molecule has 0 bridgehead atoms. The van der Waals surface area contributed by atoms with Crippen molar-refractivity contribution < 1.29 is 5.11 Å². The first-order valence-corrected chi connectivity index (χ1v) is 6.56. The quantitative estimate of drug-likeness (QED) is 0.922. The third-order valence-corrected chi connectivity index (χ3v) is 3.39. The summed E-state index contributed by atoms with van der Waals surface area (Å²) >= 11 is 3.44. The van der Waals surface area contributed by atoms with E-state index >= 15 is 0 Å². The van der Waals surface area contributed by atoms with Gasteiger partial charge >= 0.3 is 0 Å². The van der Waals surface area contributed by atoms with Crippen molar-refractivity contribution in [3.05, 3.63) is 45.7 Å². The van der Waals surface area contributed by atoms with Gasteiger partial charge in [-0.3, -0.25) is 0 Å². The summed E-state index contributed by atoms with van der Waals surface area (Å²) in [5.74, 6) is 0.696. The fourth-order valence-corrected chi connectivity index (χ4v) is 2.37. The molecular weight excluding hydrogens is 292 g/mol. The molecule has 2 aromatic rings. The number of hydrogen-bond donors (Lipinski definition) is 1. The van der Waals surface area contributed by atoms with E-state index in [-0.39, 0.29) is 0 Å². The van der Waals surface area contributed by atoms with Crippen LogP contribution in [-0.2, 0) is 0 Å². The van der Waals surface area contributed by atoms with Crippen molar-refractivity contribution in [2.24, 2.45) is 0 Å². The Labute approximate surface area is 115 Å².